The van der Waals surface area contributed by atoms with E-state index in [0.29, 0.717) is 11.3 Å². The maximum absolute atomic E-state index is 13.1. The molecule has 3 aromatic rings. The number of rotatable bonds is 3. The standard InChI is InChI=1S/C22H18ClF3N2O3/c1-31-21(30)17-10-15-14-4-2-3-5-16(14)27-19(15)20(28(17)18(29)11-23)12-6-8-13(9-7-12)22(24,25)26/h2-9,17,20,27H,10-11H2,1H3/t17-,20+/m1/s1. The van der Waals surface area contributed by atoms with Gasteiger partial charge in [0.25, 0.3) is 0 Å². The third-order valence-electron chi connectivity index (χ3n) is 5.56. The van der Waals surface area contributed by atoms with Gasteiger partial charge < -0.3 is 14.6 Å². The van der Waals surface area contributed by atoms with Gasteiger partial charge in [0, 0.05) is 23.0 Å². The fourth-order valence-electron chi connectivity index (χ4n) is 4.19. The highest BCUT2D eigenvalue weighted by Crippen LogP contribution is 2.42. The Balaban J connectivity index is 1.94. The second-order valence-corrected chi connectivity index (χ2v) is 7.53. The van der Waals surface area contributed by atoms with Gasteiger partial charge in [-0.1, -0.05) is 30.3 Å². The molecule has 2 atom stereocenters. The van der Waals surface area contributed by atoms with Crippen molar-refractivity contribution in [3.05, 3.63) is 70.9 Å². The number of aromatic amines is 1. The predicted octanol–water partition coefficient (Wildman–Crippen LogP) is 4.44. The van der Waals surface area contributed by atoms with Crippen LogP contribution in [0.25, 0.3) is 10.9 Å². The smallest absolute Gasteiger partial charge is 0.416 e. The number of hydrogen-bond acceptors (Lipinski definition) is 3. The summed E-state index contributed by atoms with van der Waals surface area (Å²) in [5.74, 6) is -1.53. The van der Waals surface area contributed by atoms with Crippen LogP contribution < -0.4 is 0 Å². The number of halogens is 4. The molecular formula is C22H18ClF3N2O3. The molecule has 1 aliphatic rings. The lowest BCUT2D eigenvalue weighted by Gasteiger charge is -2.40. The van der Waals surface area contributed by atoms with Gasteiger partial charge in [-0.25, -0.2) is 4.79 Å². The van der Waals surface area contributed by atoms with E-state index in [1.165, 1.54) is 24.1 Å². The topological polar surface area (TPSA) is 62.4 Å². The van der Waals surface area contributed by atoms with Crippen LogP contribution in [0, 0.1) is 0 Å². The summed E-state index contributed by atoms with van der Waals surface area (Å²) in [6.45, 7) is 0. The molecule has 1 amide bonds. The van der Waals surface area contributed by atoms with E-state index in [2.05, 4.69) is 4.98 Å². The molecule has 2 aromatic carbocycles. The van der Waals surface area contributed by atoms with Crippen LogP contribution in [0.3, 0.4) is 0 Å². The second kappa shape index (κ2) is 7.92. The van der Waals surface area contributed by atoms with Gasteiger partial charge in [-0.2, -0.15) is 13.2 Å². The number of nitrogens with one attached hydrogen (secondary N) is 1. The summed E-state index contributed by atoms with van der Waals surface area (Å²) in [6, 6.07) is 10.2. The van der Waals surface area contributed by atoms with Crippen LogP contribution in [0.2, 0.25) is 0 Å². The zero-order valence-electron chi connectivity index (χ0n) is 16.4. The zero-order valence-corrected chi connectivity index (χ0v) is 17.1. The molecular weight excluding hydrogens is 433 g/mol. The van der Waals surface area contributed by atoms with Gasteiger partial charge in [0.05, 0.1) is 18.7 Å². The molecule has 0 saturated heterocycles. The molecule has 9 heteroatoms. The van der Waals surface area contributed by atoms with Gasteiger partial charge in [0.15, 0.2) is 0 Å². The molecule has 0 spiro atoms. The van der Waals surface area contributed by atoms with Crippen LogP contribution in [-0.4, -0.2) is 40.8 Å². The largest absolute Gasteiger partial charge is 0.467 e. The van der Waals surface area contributed by atoms with Crippen molar-refractivity contribution < 1.29 is 27.5 Å². The van der Waals surface area contributed by atoms with E-state index in [1.54, 1.807) is 0 Å². The predicted molar refractivity (Wildman–Crippen MR) is 109 cm³/mol. The molecule has 1 N–H and O–H groups in total. The number of ether oxygens (including phenoxy) is 1. The highest BCUT2D eigenvalue weighted by molar-refractivity contribution is 6.27. The Labute approximate surface area is 180 Å². The van der Waals surface area contributed by atoms with E-state index in [9.17, 15) is 22.8 Å². The minimum atomic E-state index is -4.49. The summed E-state index contributed by atoms with van der Waals surface area (Å²) >= 11 is 5.84. The summed E-state index contributed by atoms with van der Waals surface area (Å²) in [6.07, 6.45) is -4.29. The second-order valence-electron chi connectivity index (χ2n) is 7.26. The molecule has 31 heavy (non-hydrogen) atoms. The average Bonchev–Trinajstić information content (AvgIpc) is 3.14. The SMILES string of the molecule is COC(=O)[C@H]1Cc2c([nH]c3ccccc23)[C@H](c2ccc(C(F)(F)F)cc2)N1C(=O)CCl. The Morgan fingerprint density at radius 1 is 1.16 bits per heavy atom. The van der Waals surface area contributed by atoms with E-state index in [4.69, 9.17) is 16.3 Å². The molecule has 0 saturated carbocycles. The van der Waals surface area contributed by atoms with Gasteiger partial charge in [-0.3, -0.25) is 4.79 Å². The van der Waals surface area contributed by atoms with Gasteiger partial charge in [-0.15, -0.1) is 11.6 Å². The molecule has 0 bridgehead atoms. The molecule has 2 heterocycles. The minimum Gasteiger partial charge on any atom is -0.467 e. The van der Waals surface area contributed by atoms with E-state index in [-0.39, 0.29) is 12.3 Å². The molecule has 162 valence electrons. The molecule has 1 aliphatic heterocycles. The van der Waals surface area contributed by atoms with Crippen molar-refractivity contribution >= 4 is 34.4 Å². The van der Waals surface area contributed by atoms with Crippen molar-refractivity contribution in [2.24, 2.45) is 0 Å². The summed E-state index contributed by atoms with van der Waals surface area (Å²) in [7, 11) is 1.23. The van der Waals surface area contributed by atoms with Crippen molar-refractivity contribution in [2.45, 2.75) is 24.7 Å². The number of carbonyl (C=O) groups excluding carboxylic acids is 2. The Hall–Kier alpha value is -3.00. The summed E-state index contributed by atoms with van der Waals surface area (Å²) in [4.78, 5) is 30.0. The van der Waals surface area contributed by atoms with Crippen LogP contribution >= 0.6 is 11.6 Å². The number of hydrogen-bond donors (Lipinski definition) is 1. The number of nitrogens with zero attached hydrogens (tertiary/aromatic N) is 1. The first-order valence-corrected chi connectivity index (χ1v) is 10.0. The number of carbonyl (C=O) groups is 2. The van der Waals surface area contributed by atoms with Crippen molar-refractivity contribution in [1.82, 2.24) is 9.88 Å². The molecule has 5 nitrogen and oxygen atoms in total. The number of amides is 1. The number of H-pyrrole nitrogens is 1. The van der Waals surface area contributed by atoms with Crippen LogP contribution in [-0.2, 0) is 26.9 Å². The number of methoxy groups -OCH3 is 1. The Bertz CT molecular complexity index is 1140. The summed E-state index contributed by atoms with van der Waals surface area (Å²) in [5, 5.41) is 0.876. The zero-order chi connectivity index (χ0) is 22.3. The average molecular weight is 451 g/mol. The first kappa shape index (κ1) is 21.2. The molecule has 4 rings (SSSR count). The normalized spacial score (nSPS) is 18.7. The highest BCUT2D eigenvalue weighted by atomic mass is 35.5. The number of alkyl halides is 4. The maximum atomic E-state index is 13.1. The lowest BCUT2D eigenvalue weighted by Crippen LogP contribution is -2.52. The van der Waals surface area contributed by atoms with Crippen LogP contribution in [0.4, 0.5) is 13.2 Å². The van der Waals surface area contributed by atoms with E-state index < -0.39 is 35.7 Å². The molecule has 0 unspecified atom stereocenters. The fraction of sp³-hybridized carbons (Fsp3) is 0.273. The first-order chi connectivity index (χ1) is 14.8. The first-order valence-electron chi connectivity index (χ1n) is 9.47. The molecule has 0 radical (unpaired) electrons. The number of aromatic nitrogens is 1. The monoisotopic (exact) mass is 450 g/mol. The Morgan fingerprint density at radius 3 is 2.45 bits per heavy atom. The molecule has 0 aliphatic carbocycles. The van der Waals surface area contributed by atoms with Crippen LogP contribution in [0.1, 0.15) is 28.4 Å². The maximum Gasteiger partial charge on any atom is 0.416 e. The van der Waals surface area contributed by atoms with E-state index in [1.807, 2.05) is 24.3 Å². The van der Waals surface area contributed by atoms with E-state index in [0.717, 1.165) is 28.6 Å². The molecule has 1 aromatic heterocycles. The van der Waals surface area contributed by atoms with Crippen molar-refractivity contribution in [2.75, 3.05) is 13.0 Å². The molecule has 0 fully saturated rings. The van der Waals surface area contributed by atoms with Gasteiger partial charge in [0.1, 0.15) is 11.9 Å². The van der Waals surface area contributed by atoms with Gasteiger partial charge in [0.2, 0.25) is 5.91 Å². The van der Waals surface area contributed by atoms with Crippen LogP contribution in [0.5, 0.6) is 0 Å². The third kappa shape index (κ3) is 3.65. The summed E-state index contributed by atoms with van der Waals surface area (Å²) < 4.78 is 44.1. The number of para-hydroxylation sites is 1. The summed E-state index contributed by atoms with van der Waals surface area (Å²) in [5.41, 5.74) is 1.87. The van der Waals surface area contributed by atoms with Crippen molar-refractivity contribution in [1.29, 1.82) is 0 Å². The Kier molecular flexibility index (Phi) is 5.43. The lowest BCUT2D eigenvalue weighted by molar-refractivity contribution is -0.154. The number of fused-ring (bicyclic) bond motifs is 3. The van der Waals surface area contributed by atoms with Gasteiger partial charge >= 0.3 is 12.1 Å². The third-order valence-corrected chi connectivity index (χ3v) is 5.79. The highest BCUT2D eigenvalue weighted by Gasteiger charge is 2.44. The number of benzene rings is 2. The van der Waals surface area contributed by atoms with Crippen molar-refractivity contribution in [3.8, 4) is 0 Å². The number of esters is 1. The van der Waals surface area contributed by atoms with E-state index >= 15 is 0 Å². The lowest BCUT2D eigenvalue weighted by atomic mass is 9.87. The Morgan fingerprint density at radius 2 is 1.84 bits per heavy atom. The quantitative estimate of drug-likeness (QED) is 0.474. The van der Waals surface area contributed by atoms with Crippen molar-refractivity contribution in [3.63, 3.8) is 0 Å². The fourth-order valence-corrected chi connectivity index (χ4v) is 4.32. The minimum absolute atomic E-state index is 0.200. The van der Waals surface area contributed by atoms with Gasteiger partial charge in [-0.05, 0) is 29.3 Å². The van der Waals surface area contributed by atoms with Crippen LogP contribution in [0.15, 0.2) is 48.5 Å².